The van der Waals surface area contributed by atoms with Gasteiger partial charge in [-0.05, 0) is 61.9 Å². The third kappa shape index (κ3) is 3.76. The molecule has 2 aliphatic carbocycles. The number of hydrogen-bond donors (Lipinski definition) is 0. The van der Waals surface area contributed by atoms with Gasteiger partial charge in [0.1, 0.15) is 0 Å². The van der Waals surface area contributed by atoms with Crippen LogP contribution in [0.3, 0.4) is 0 Å². The summed E-state index contributed by atoms with van der Waals surface area (Å²) in [4.78, 5) is 0. The zero-order valence-corrected chi connectivity index (χ0v) is 12.3. The summed E-state index contributed by atoms with van der Waals surface area (Å²) in [5.74, 6) is 3.11. The normalized spacial score (nSPS) is 33.2. The molecule has 0 radical (unpaired) electrons. The number of hydrogen-bond acceptors (Lipinski definition) is 1. The zero-order valence-electron chi connectivity index (χ0n) is 12.3. The lowest BCUT2D eigenvalue weighted by Gasteiger charge is -2.36. The molecule has 0 aromatic heterocycles. The molecule has 0 heterocycles. The van der Waals surface area contributed by atoms with Crippen molar-refractivity contribution >= 4 is 0 Å². The van der Waals surface area contributed by atoms with Crippen molar-refractivity contribution in [1.82, 2.24) is 0 Å². The number of methoxy groups -OCH3 is 1. The van der Waals surface area contributed by atoms with Gasteiger partial charge in [0.15, 0.2) is 0 Å². The molecule has 0 N–H and O–H groups in total. The van der Waals surface area contributed by atoms with Gasteiger partial charge in [0.2, 0.25) is 0 Å². The zero-order chi connectivity index (χ0) is 12.8. The van der Waals surface area contributed by atoms with E-state index in [0.717, 1.165) is 17.8 Å². The van der Waals surface area contributed by atoms with E-state index in [4.69, 9.17) is 4.74 Å². The van der Waals surface area contributed by atoms with Crippen LogP contribution in [0.15, 0.2) is 11.8 Å². The van der Waals surface area contributed by atoms with Crippen LogP contribution in [0.5, 0.6) is 0 Å². The molecule has 2 aliphatic rings. The predicted molar refractivity (Wildman–Crippen MR) is 77.4 cm³/mol. The summed E-state index contributed by atoms with van der Waals surface area (Å²) in [7, 11) is 1.77. The topological polar surface area (TPSA) is 9.23 Å². The lowest BCUT2D eigenvalue weighted by atomic mass is 9.70. The van der Waals surface area contributed by atoms with E-state index in [1.54, 1.807) is 7.11 Å². The van der Waals surface area contributed by atoms with Gasteiger partial charge in [-0.1, -0.05) is 32.6 Å². The molecule has 104 valence electrons. The Kier molecular flexibility index (Phi) is 5.59. The number of ether oxygens (including phenoxy) is 1. The van der Waals surface area contributed by atoms with E-state index < -0.39 is 0 Å². The lowest BCUT2D eigenvalue weighted by Crippen LogP contribution is -2.24. The van der Waals surface area contributed by atoms with Crippen molar-refractivity contribution in [1.29, 1.82) is 0 Å². The van der Waals surface area contributed by atoms with Gasteiger partial charge in [-0.2, -0.15) is 0 Å². The minimum absolute atomic E-state index is 1.02. The molecule has 0 atom stereocenters. The van der Waals surface area contributed by atoms with E-state index in [1.165, 1.54) is 69.8 Å². The van der Waals surface area contributed by atoms with Gasteiger partial charge in [-0.15, -0.1) is 0 Å². The Balaban J connectivity index is 1.73. The third-order valence-corrected chi connectivity index (χ3v) is 5.21. The molecule has 0 aliphatic heterocycles. The Morgan fingerprint density at radius 2 is 1.61 bits per heavy atom. The fraction of sp³-hybridized carbons (Fsp3) is 0.882. The van der Waals surface area contributed by atoms with Crippen molar-refractivity contribution in [2.75, 3.05) is 7.11 Å². The van der Waals surface area contributed by atoms with E-state index in [2.05, 4.69) is 6.92 Å². The summed E-state index contributed by atoms with van der Waals surface area (Å²) in [5.41, 5.74) is 1.54. The Hall–Kier alpha value is -0.460. The van der Waals surface area contributed by atoms with Crippen molar-refractivity contribution < 1.29 is 4.74 Å². The highest BCUT2D eigenvalue weighted by Crippen LogP contribution is 2.41. The predicted octanol–water partition coefficient (Wildman–Crippen LogP) is 5.31. The molecule has 0 saturated heterocycles. The maximum Gasteiger partial charge on any atom is 0.0816 e. The van der Waals surface area contributed by atoms with E-state index in [0.29, 0.717) is 0 Å². The number of allylic oxidation sites excluding steroid dienone is 1. The molecular formula is C17H30O. The SMILES string of the molecule is CCCC1CCC(C2CCC(=COC)CC2)CC1. The first kappa shape index (κ1) is 14.0. The van der Waals surface area contributed by atoms with Crippen LogP contribution in [0.4, 0.5) is 0 Å². The second kappa shape index (κ2) is 7.21. The van der Waals surface area contributed by atoms with Crippen molar-refractivity contribution in [3.05, 3.63) is 11.8 Å². The van der Waals surface area contributed by atoms with Crippen LogP contribution in [-0.2, 0) is 4.74 Å². The molecule has 2 rings (SSSR count). The second-order valence-corrected chi connectivity index (χ2v) is 6.42. The molecule has 0 aromatic carbocycles. The first-order chi connectivity index (χ1) is 8.83. The minimum Gasteiger partial charge on any atom is -0.504 e. The van der Waals surface area contributed by atoms with Crippen molar-refractivity contribution in [3.63, 3.8) is 0 Å². The first-order valence-electron chi connectivity index (χ1n) is 8.04. The fourth-order valence-electron chi connectivity index (χ4n) is 4.12. The Bertz CT molecular complexity index is 251. The van der Waals surface area contributed by atoms with Gasteiger partial charge in [0.25, 0.3) is 0 Å². The summed E-state index contributed by atoms with van der Waals surface area (Å²) in [6.07, 6.45) is 16.3. The highest BCUT2D eigenvalue weighted by atomic mass is 16.5. The lowest BCUT2D eigenvalue weighted by molar-refractivity contribution is 0.172. The third-order valence-electron chi connectivity index (χ3n) is 5.21. The van der Waals surface area contributed by atoms with E-state index in [9.17, 15) is 0 Å². The van der Waals surface area contributed by atoms with Crippen LogP contribution >= 0.6 is 0 Å². The van der Waals surface area contributed by atoms with Gasteiger partial charge < -0.3 is 4.74 Å². The molecule has 0 amide bonds. The van der Waals surface area contributed by atoms with E-state index in [1.807, 2.05) is 6.26 Å². The van der Waals surface area contributed by atoms with Gasteiger partial charge in [-0.25, -0.2) is 0 Å². The molecule has 0 bridgehead atoms. The maximum atomic E-state index is 5.14. The van der Waals surface area contributed by atoms with E-state index in [-0.39, 0.29) is 0 Å². The Morgan fingerprint density at radius 1 is 1.00 bits per heavy atom. The molecule has 2 saturated carbocycles. The molecule has 0 spiro atoms. The van der Waals surface area contributed by atoms with Crippen LogP contribution in [-0.4, -0.2) is 7.11 Å². The molecule has 1 nitrogen and oxygen atoms in total. The van der Waals surface area contributed by atoms with Gasteiger partial charge >= 0.3 is 0 Å². The number of rotatable bonds is 4. The summed E-state index contributed by atoms with van der Waals surface area (Å²) < 4.78 is 5.14. The average Bonchev–Trinajstić information content (AvgIpc) is 2.41. The van der Waals surface area contributed by atoms with Crippen molar-refractivity contribution in [3.8, 4) is 0 Å². The highest BCUT2D eigenvalue weighted by Gasteiger charge is 2.29. The van der Waals surface area contributed by atoms with Gasteiger partial charge in [0.05, 0.1) is 13.4 Å². The van der Waals surface area contributed by atoms with E-state index >= 15 is 0 Å². The minimum atomic E-state index is 1.02. The summed E-state index contributed by atoms with van der Waals surface area (Å²) >= 11 is 0. The molecular weight excluding hydrogens is 220 g/mol. The summed E-state index contributed by atoms with van der Waals surface area (Å²) in [5, 5.41) is 0. The molecule has 1 heteroatoms. The monoisotopic (exact) mass is 250 g/mol. The first-order valence-corrected chi connectivity index (χ1v) is 8.04. The van der Waals surface area contributed by atoms with Crippen LogP contribution in [0.25, 0.3) is 0 Å². The molecule has 18 heavy (non-hydrogen) atoms. The Labute approximate surface area is 113 Å². The molecule has 0 aromatic rings. The quantitative estimate of drug-likeness (QED) is 0.614. The average molecular weight is 250 g/mol. The van der Waals surface area contributed by atoms with Crippen LogP contribution in [0.1, 0.15) is 71.1 Å². The van der Waals surface area contributed by atoms with Crippen LogP contribution in [0, 0.1) is 17.8 Å². The van der Waals surface area contributed by atoms with Crippen molar-refractivity contribution in [2.24, 2.45) is 17.8 Å². The second-order valence-electron chi connectivity index (χ2n) is 6.42. The van der Waals surface area contributed by atoms with Crippen LogP contribution < -0.4 is 0 Å². The standard InChI is InChI=1S/C17H30O/c1-3-4-14-5-9-16(10-6-14)17-11-7-15(8-12-17)13-18-2/h13-14,16-17H,3-12H2,1-2H3. The summed E-state index contributed by atoms with van der Waals surface area (Å²) in [6, 6.07) is 0. The highest BCUT2D eigenvalue weighted by molar-refractivity contribution is 5.02. The van der Waals surface area contributed by atoms with Crippen LogP contribution in [0.2, 0.25) is 0 Å². The van der Waals surface area contributed by atoms with Gasteiger partial charge in [-0.3, -0.25) is 0 Å². The maximum absolute atomic E-state index is 5.14. The fourth-order valence-corrected chi connectivity index (χ4v) is 4.12. The van der Waals surface area contributed by atoms with Gasteiger partial charge in [0, 0.05) is 0 Å². The Morgan fingerprint density at radius 3 is 2.17 bits per heavy atom. The summed E-state index contributed by atoms with van der Waals surface area (Å²) in [6.45, 7) is 2.33. The molecule has 0 unspecified atom stereocenters. The smallest absolute Gasteiger partial charge is 0.0816 e. The van der Waals surface area contributed by atoms with Crippen molar-refractivity contribution in [2.45, 2.75) is 71.1 Å². The molecule has 2 fully saturated rings. The largest absolute Gasteiger partial charge is 0.504 e.